The first-order chi connectivity index (χ1) is 8.83. The highest BCUT2D eigenvalue weighted by atomic mass is 19.1. The molecule has 2 aromatic rings. The second kappa shape index (κ2) is 4.77. The van der Waals surface area contributed by atoms with Gasteiger partial charge in [0.25, 0.3) is 0 Å². The van der Waals surface area contributed by atoms with Crippen LogP contribution in [0, 0.1) is 5.82 Å². The lowest BCUT2D eigenvalue weighted by atomic mass is 10.0. The lowest BCUT2D eigenvalue weighted by Crippen LogP contribution is -2.20. The smallest absolute Gasteiger partial charge is 0.125 e. The zero-order valence-corrected chi connectivity index (χ0v) is 10.1. The van der Waals surface area contributed by atoms with E-state index in [1.54, 1.807) is 12.3 Å². The summed E-state index contributed by atoms with van der Waals surface area (Å²) in [5.41, 5.74) is 1.74. The zero-order chi connectivity index (χ0) is 12.4. The van der Waals surface area contributed by atoms with Gasteiger partial charge in [0.15, 0.2) is 0 Å². The van der Waals surface area contributed by atoms with Gasteiger partial charge in [0, 0.05) is 29.4 Å². The maximum absolute atomic E-state index is 13.2. The summed E-state index contributed by atoms with van der Waals surface area (Å²) in [5.74, 6) is -0.243. The summed E-state index contributed by atoms with van der Waals surface area (Å²) in [6, 6.07) is 7.17. The molecule has 0 spiro atoms. The average molecular weight is 242 g/mol. The van der Waals surface area contributed by atoms with E-state index in [0.29, 0.717) is 11.6 Å². The van der Waals surface area contributed by atoms with Gasteiger partial charge in [-0.25, -0.2) is 4.39 Å². The number of anilines is 1. The van der Waals surface area contributed by atoms with Crippen LogP contribution in [0.3, 0.4) is 0 Å². The summed E-state index contributed by atoms with van der Waals surface area (Å²) in [6.07, 6.45) is 9.47. The van der Waals surface area contributed by atoms with E-state index in [2.05, 4.69) is 22.5 Å². The van der Waals surface area contributed by atoms with E-state index < -0.39 is 0 Å². The largest absolute Gasteiger partial charge is 0.381 e. The van der Waals surface area contributed by atoms with Crippen molar-refractivity contribution in [1.82, 2.24) is 4.98 Å². The van der Waals surface area contributed by atoms with Crippen LogP contribution in [-0.2, 0) is 0 Å². The normalized spacial score (nSPS) is 19.1. The van der Waals surface area contributed by atoms with E-state index in [4.69, 9.17) is 0 Å². The first-order valence-electron chi connectivity index (χ1n) is 6.29. The quantitative estimate of drug-likeness (QED) is 0.808. The number of hydrogen-bond acceptors (Lipinski definition) is 2. The number of nitrogens with one attached hydrogen (secondary N) is 1. The minimum absolute atomic E-state index is 0.243. The summed E-state index contributed by atoms with van der Waals surface area (Å²) in [5, 5.41) is 4.51. The Morgan fingerprint density at radius 1 is 1.22 bits per heavy atom. The Bertz CT molecular complexity index is 592. The van der Waals surface area contributed by atoms with Gasteiger partial charge < -0.3 is 5.32 Å². The molecule has 0 radical (unpaired) electrons. The maximum atomic E-state index is 13.2. The minimum atomic E-state index is -0.243. The Hall–Kier alpha value is -1.90. The monoisotopic (exact) mass is 242 g/mol. The maximum Gasteiger partial charge on any atom is 0.125 e. The van der Waals surface area contributed by atoms with Crippen LogP contribution in [0.5, 0.6) is 0 Å². The molecule has 3 rings (SSSR count). The van der Waals surface area contributed by atoms with Crippen molar-refractivity contribution < 1.29 is 4.39 Å². The summed E-state index contributed by atoms with van der Waals surface area (Å²) in [6.45, 7) is 0. The van der Waals surface area contributed by atoms with Crippen LogP contribution >= 0.6 is 0 Å². The number of hydrogen-bond donors (Lipinski definition) is 1. The molecule has 1 aliphatic carbocycles. The number of halogens is 1. The molecule has 0 fully saturated rings. The minimum Gasteiger partial charge on any atom is -0.381 e. The number of rotatable bonds is 2. The Labute approximate surface area is 106 Å². The molecule has 1 aromatic carbocycles. The standard InChI is InChI=1S/C15H15FN2/c16-11-6-7-13-14(8-9-17-15(13)10-11)18-12-4-2-1-3-5-12/h1-2,6-10,12H,3-5H2,(H,17,18). The molecular weight excluding hydrogens is 227 g/mol. The summed E-state index contributed by atoms with van der Waals surface area (Å²) < 4.78 is 13.2. The Morgan fingerprint density at radius 3 is 3.00 bits per heavy atom. The van der Waals surface area contributed by atoms with Crippen LogP contribution in [0.15, 0.2) is 42.6 Å². The highest BCUT2D eigenvalue weighted by Gasteiger charge is 2.11. The van der Waals surface area contributed by atoms with Crippen molar-refractivity contribution in [3.05, 3.63) is 48.4 Å². The molecule has 1 unspecified atom stereocenters. The van der Waals surface area contributed by atoms with Gasteiger partial charge in [0.1, 0.15) is 5.82 Å². The summed E-state index contributed by atoms with van der Waals surface area (Å²) in [7, 11) is 0. The van der Waals surface area contributed by atoms with E-state index >= 15 is 0 Å². The summed E-state index contributed by atoms with van der Waals surface area (Å²) >= 11 is 0. The van der Waals surface area contributed by atoms with Gasteiger partial charge in [-0.1, -0.05) is 12.2 Å². The van der Waals surface area contributed by atoms with E-state index in [1.807, 2.05) is 6.07 Å². The number of fused-ring (bicyclic) bond motifs is 1. The zero-order valence-electron chi connectivity index (χ0n) is 10.1. The Balaban J connectivity index is 1.93. The van der Waals surface area contributed by atoms with Gasteiger partial charge in [-0.3, -0.25) is 4.98 Å². The van der Waals surface area contributed by atoms with Crippen LogP contribution < -0.4 is 5.32 Å². The molecule has 18 heavy (non-hydrogen) atoms. The third-order valence-corrected chi connectivity index (χ3v) is 3.33. The lowest BCUT2D eigenvalue weighted by molar-refractivity contribution is 0.629. The van der Waals surface area contributed by atoms with Crippen LogP contribution in [0.1, 0.15) is 19.3 Å². The van der Waals surface area contributed by atoms with Gasteiger partial charge in [-0.05, 0) is 37.5 Å². The predicted molar refractivity (Wildman–Crippen MR) is 72.1 cm³/mol. The predicted octanol–water partition coefficient (Wildman–Crippen LogP) is 3.89. The van der Waals surface area contributed by atoms with Crippen molar-refractivity contribution in [2.75, 3.05) is 5.32 Å². The number of benzene rings is 1. The Morgan fingerprint density at radius 2 is 2.17 bits per heavy atom. The fraction of sp³-hybridized carbons (Fsp3) is 0.267. The van der Waals surface area contributed by atoms with Crippen LogP contribution in [0.25, 0.3) is 10.9 Å². The fourth-order valence-corrected chi connectivity index (χ4v) is 2.39. The number of aromatic nitrogens is 1. The molecule has 1 aliphatic rings. The van der Waals surface area contributed by atoms with Crippen molar-refractivity contribution in [3.63, 3.8) is 0 Å². The molecule has 92 valence electrons. The van der Waals surface area contributed by atoms with Crippen molar-refractivity contribution >= 4 is 16.6 Å². The second-order valence-corrected chi connectivity index (χ2v) is 4.65. The molecule has 1 aromatic heterocycles. The molecule has 2 nitrogen and oxygen atoms in total. The highest BCUT2D eigenvalue weighted by Crippen LogP contribution is 2.25. The van der Waals surface area contributed by atoms with Gasteiger partial charge in [-0.2, -0.15) is 0 Å². The van der Waals surface area contributed by atoms with Crippen LogP contribution in [0.2, 0.25) is 0 Å². The topological polar surface area (TPSA) is 24.9 Å². The Kier molecular flexibility index (Phi) is 2.97. The van der Waals surface area contributed by atoms with Crippen LogP contribution in [0.4, 0.5) is 10.1 Å². The number of allylic oxidation sites excluding steroid dienone is 1. The SMILES string of the molecule is Fc1ccc2c(NC3CC=CCC3)ccnc2c1. The number of pyridine rings is 1. The van der Waals surface area contributed by atoms with E-state index in [-0.39, 0.29) is 5.82 Å². The molecule has 0 amide bonds. The molecule has 1 heterocycles. The number of nitrogens with zero attached hydrogens (tertiary/aromatic N) is 1. The molecule has 0 aliphatic heterocycles. The van der Waals surface area contributed by atoms with Crippen molar-refractivity contribution in [3.8, 4) is 0 Å². The first kappa shape index (κ1) is 11.2. The molecule has 0 saturated heterocycles. The highest BCUT2D eigenvalue weighted by molar-refractivity contribution is 5.91. The van der Waals surface area contributed by atoms with Crippen LogP contribution in [-0.4, -0.2) is 11.0 Å². The molecule has 1 atom stereocenters. The fourth-order valence-electron chi connectivity index (χ4n) is 2.39. The molecular formula is C15H15FN2. The molecule has 0 saturated carbocycles. The summed E-state index contributed by atoms with van der Waals surface area (Å²) in [4.78, 5) is 4.20. The molecule has 1 N–H and O–H groups in total. The van der Waals surface area contributed by atoms with E-state index in [0.717, 1.165) is 30.3 Å². The third-order valence-electron chi connectivity index (χ3n) is 3.33. The van der Waals surface area contributed by atoms with Gasteiger partial charge in [0.2, 0.25) is 0 Å². The lowest BCUT2D eigenvalue weighted by Gasteiger charge is -2.21. The van der Waals surface area contributed by atoms with Gasteiger partial charge in [-0.15, -0.1) is 0 Å². The van der Waals surface area contributed by atoms with E-state index in [9.17, 15) is 4.39 Å². The molecule has 3 heteroatoms. The molecule has 0 bridgehead atoms. The average Bonchev–Trinajstić information content (AvgIpc) is 2.40. The van der Waals surface area contributed by atoms with Crippen molar-refractivity contribution in [1.29, 1.82) is 0 Å². The third kappa shape index (κ3) is 2.21. The van der Waals surface area contributed by atoms with Crippen molar-refractivity contribution in [2.45, 2.75) is 25.3 Å². The van der Waals surface area contributed by atoms with Crippen molar-refractivity contribution in [2.24, 2.45) is 0 Å². The first-order valence-corrected chi connectivity index (χ1v) is 6.29. The van der Waals surface area contributed by atoms with E-state index in [1.165, 1.54) is 12.1 Å². The second-order valence-electron chi connectivity index (χ2n) is 4.65. The van der Waals surface area contributed by atoms with Gasteiger partial charge >= 0.3 is 0 Å². The van der Waals surface area contributed by atoms with Gasteiger partial charge in [0.05, 0.1) is 5.52 Å².